The maximum atomic E-state index is 12.2. The minimum Gasteiger partial charge on any atom is -0.360 e. The van der Waals surface area contributed by atoms with Gasteiger partial charge in [0.25, 0.3) is 5.91 Å². The summed E-state index contributed by atoms with van der Waals surface area (Å²) < 4.78 is 10.0. The normalized spacial score (nSPS) is 11.8. The molecule has 2 N–H and O–H groups in total. The Labute approximate surface area is 153 Å². The summed E-state index contributed by atoms with van der Waals surface area (Å²) in [5.74, 6) is 0.289. The third-order valence-corrected chi connectivity index (χ3v) is 3.74. The lowest BCUT2D eigenvalue weighted by atomic mass is 10.1. The fraction of sp³-hybridized carbons (Fsp3) is 0.176. The fourth-order valence-electron chi connectivity index (χ4n) is 2.13. The van der Waals surface area contributed by atoms with Gasteiger partial charge in [0.1, 0.15) is 11.8 Å². The van der Waals surface area contributed by atoms with Gasteiger partial charge in [-0.2, -0.15) is 0 Å². The van der Waals surface area contributed by atoms with E-state index in [0.717, 1.165) is 5.56 Å². The Kier molecular flexibility index (Phi) is 5.04. The molecule has 0 unspecified atom stereocenters. The summed E-state index contributed by atoms with van der Waals surface area (Å²) in [5.41, 5.74) is 0.792. The van der Waals surface area contributed by atoms with Crippen molar-refractivity contribution in [2.45, 2.75) is 19.9 Å². The van der Waals surface area contributed by atoms with Crippen molar-refractivity contribution in [2.24, 2.45) is 0 Å². The zero-order valence-corrected chi connectivity index (χ0v) is 14.7. The Morgan fingerprint density at radius 1 is 1.12 bits per heavy atom. The van der Waals surface area contributed by atoms with Crippen LogP contribution in [0, 0.1) is 6.92 Å². The third-order valence-electron chi connectivity index (χ3n) is 3.49. The number of carbonyl (C=O) groups is 2. The van der Waals surface area contributed by atoms with E-state index in [1.54, 1.807) is 44.2 Å². The predicted octanol–water partition coefficient (Wildman–Crippen LogP) is 3.05. The lowest BCUT2D eigenvalue weighted by Crippen LogP contribution is -2.41. The number of amides is 2. The minimum absolute atomic E-state index is 0.0619. The van der Waals surface area contributed by atoms with E-state index >= 15 is 0 Å². The maximum absolute atomic E-state index is 12.2. The molecular formula is C17H15ClN4O4. The van der Waals surface area contributed by atoms with Crippen LogP contribution >= 0.6 is 11.6 Å². The van der Waals surface area contributed by atoms with Gasteiger partial charge in [-0.05, 0) is 38.1 Å². The summed E-state index contributed by atoms with van der Waals surface area (Å²) in [6.07, 6.45) is 0. The number of nitrogens with one attached hydrogen (secondary N) is 2. The molecule has 0 aliphatic rings. The number of benzene rings is 1. The molecular weight excluding hydrogens is 360 g/mol. The monoisotopic (exact) mass is 374 g/mol. The summed E-state index contributed by atoms with van der Waals surface area (Å²) in [7, 11) is 0. The first-order valence-corrected chi connectivity index (χ1v) is 8.08. The molecule has 0 bridgehead atoms. The molecule has 3 rings (SSSR count). The van der Waals surface area contributed by atoms with Gasteiger partial charge in [-0.1, -0.05) is 21.9 Å². The number of carbonyl (C=O) groups excluding carboxylic acids is 2. The highest BCUT2D eigenvalue weighted by Crippen LogP contribution is 2.22. The largest absolute Gasteiger partial charge is 0.360 e. The van der Waals surface area contributed by atoms with Crippen molar-refractivity contribution in [3.05, 3.63) is 52.9 Å². The van der Waals surface area contributed by atoms with Crippen LogP contribution in [0.3, 0.4) is 0 Å². The van der Waals surface area contributed by atoms with Crippen LogP contribution in [0.4, 0.5) is 5.82 Å². The first-order valence-electron chi connectivity index (χ1n) is 7.70. The van der Waals surface area contributed by atoms with Gasteiger partial charge in [0, 0.05) is 22.7 Å². The van der Waals surface area contributed by atoms with Crippen LogP contribution in [0.25, 0.3) is 11.3 Å². The van der Waals surface area contributed by atoms with Crippen LogP contribution < -0.4 is 10.6 Å². The SMILES string of the molecule is Cc1cc(NC(=O)[C@@H](C)NC(=O)c2cc(-c3ccc(Cl)cc3)on2)no1. The van der Waals surface area contributed by atoms with E-state index in [4.69, 9.17) is 20.6 Å². The third kappa shape index (κ3) is 4.09. The molecule has 134 valence electrons. The Morgan fingerprint density at radius 2 is 1.85 bits per heavy atom. The second-order valence-electron chi connectivity index (χ2n) is 5.59. The van der Waals surface area contributed by atoms with E-state index in [1.807, 2.05) is 0 Å². The van der Waals surface area contributed by atoms with Crippen molar-refractivity contribution in [1.82, 2.24) is 15.6 Å². The number of rotatable bonds is 5. The zero-order valence-electron chi connectivity index (χ0n) is 13.9. The lowest BCUT2D eigenvalue weighted by Gasteiger charge is -2.11. The average molecular weight is 375 g/mol. The highest BCUT2D eigenvalue weighted by atomic mass is 35.5. The number of nitrogens with zero attached hydrogens (tertiary/aromatic N) is 2. The minimum atomic E-state index is -0.810. The second kappa shape index (κ2) is 7.40. The molecule has 26 heavy (non-hydrogen) atoms. The topological polar surface area (TPSA) is 110 Å². The van der Waals surface area contributed by atoms with Crippen LogP contribution in [0.5, 0.6) is 0 Å². The fourth-order valence-corrected chi connectivity index (χ4v) is 2.25. The van der Waals surface area contributed by atoms with E-state index < -0.39 is 17.9 Å². The Morgan fingerprint density at radius 3 is 2.50 bits per heavy atom. The van der Waals surface area contributed by atoms with E-state index in [1.165, 1.54) is 6.07 Å². The van der Waals surface area contributed by atoms with Crippen molar-refractivity contribution < 1.29 is 18.6 Å². The summed E-state index contributed by atoms with van der Waals surface area (Å²) >= 11 is 5.84. The molecule has 8 nitrogen and oxygen atoms in total. The van der Waals surface area contributed by atoms with Crippen LogP contribution in [-0.4, -0.2) is 28.2 Å². The molecule has 0 radical (unpaired) electrons. The predicted molar refractivity (Wildman–Crippen MR) is 93.7 cm³/mol. The molecule has 2 heterocycles. The highest BCUT2D eigenvalue weighted by molar-refractivity contribution is 6.30. The van der Waals surface area contributed by atoms with Crippen molar-refractivity contribution in [3.8, 4) is 11.3 Å². The van der Waals surface area contributed by atoms with Crippen LogP contribution in [0.2, 0.25) is 5.02 Å². The van der Waals surface area contributed by atoms with Gasteiger partial charge in [-0.3, -0.25) is 9.59 Å². The molecule has 1 aromatic carbocycles. The number of aryl methyl sites for hydroxylation is 1. The summed E-state index contributed by atoms with van der Waals surface area (Å²) in [6.45, 7) is 3.25. The van der Waals surface area contributed by atoms with Gasteiger partial charge < -0.3 is 19.7 Å². The van der Waals surface area contributed by atoms with Crippen molar-refractivity contribution in [3.63, 3.8) is 0 Å². The molecule has 0 saturated carbocycles. The molecule has 0 saturated heterocycles. The van der Waals surface area contributed by atoms with Crippen molar-refractivity contribution >= 4 is 29.2 Å². The number of aromatic nitrogens is 2. The molecule has 0 aliphatic carbocycles. The van der Waals surface area contributed by atoms with Gasteiger partial charge in [-0.25, -0.2) is 0 Å². The molecule has 2 aromatic heterocycles. The van der Waals surface area contributed by atoms with Crippen molar-refractivity contribution in [2.75, 3.05) is 5.32 Å². The van der Waals surface area contributed by atoms with Gasteiger partial charge in [0.2, 0.25) is 5.91 Å². The molecule has 0 aliphatic heterocycles. The van der Waals surface area contributed by atoms with Gasteiger partial charge in [0.15, 0.2) is 17.3 Å². The number of halogens is 1. The Balaban J connectivity index is 1.62. The summed E-state index contributed by atoms with van der Waals surface area (Å²) in [5, 5.41) is 13.1. The molecule has 2 amide bonds. The van der Waals surface area contributed by atoms with E-state index in [2.05, 4.69) is 20.9 Å². The molecule has 0 spiro atoms. The zero-order chi connectivity index (χ0) is 18.7. The quantitative estimate of drug-likeness (QED) is 0.710. The van der Waals surface area contributed by atoms with E-state index in [-0.39, 0.29) is 11.5 Å². The number of anilines is 1. The maximum Gasteiger partial charge on any atom is 0.274 e. The van der Waals surface area contributed by atoms with Crippen LogP contribution in [-0.2, 0) is 4.79 Å². The Hall–Kier alpha value is -3.13. The highest BCUT2D eigenvalue weighted by Gasteiger charge is 2.20. The van der Waals surface area contributed by atoms with E-state index in [9.17, 15) is 9.59 Å². The standard InChI is InChI=1S/C17H15ClN4O4/c1-9-7-15(22-25-9)20-16(23)10(2)19-17(24)13-8-14(26-21-13)11-3-5-12(18)6-4-11/h3-8,10H,1-2H3,(H,19,24)(H,20,22,23)/t10-/m1/s1. The Bertz CT molecular complexity index is 932. The number of hydrogen-bond donors (Lipinski definition) is 2. The van der Waals surface area contributed by atoms with E-state index in [0.29, 0.717) is 16.5 Å². The smallest absolute Gasteiger partial charge is 0.274 e. The first kappa shape index (κ1) is 17.7. The second-order valence-corrected chi connectivity index (χ2v) is 6.03. The van der Waals surface area contributed by atoms with Gasteiger partial charge in [0.05, 0.1) is 0 Å². The summed E-state index contributed by atoms with van der Waals surface area (Å²) in [6, 6.07) is 9.16. The lowest BCUT2D eigenvalue weighted by molar-refractivity contribution is -0.117. The van der Waals surface area contributed by atoms with Crippen molar-refractivity contribution in [1.29, 1.82) is 0 Å². The molecule has 3 aromatic rings. The number of hydrogen-bond acceptors (Lipinski definition) is 6. The average Bonchev–Trinajstić information content (AvgIpc) is 3.25. The molecule has 1 atom stereocenters. The van der Waals surface area contributed by atoms with Gasteiger partial charge in [-0.15, -0.1) is 0 Å². The molecule has 0 fully saturated rings. The summed E-state index contributed by atoms with van der Waals surface area (Å²) in [4.78, 5) is 24.3. The first-order chi connectivity index (χ1) is 12.4. The van der Waals surface area contributed by atoms with Gasteiger partial charge >= 0.3 is 0 Å². The van der Waals surface area contributed by atoms with Crippen LogP contribution in [0.15, 0.2) is 45.4 Å². The molecule has 9 heteroatoms. The van der Waals surface area contributed by atoms with Crippen LogP contribution in [0.1, 0.15) is 23.2 Å².